The third kappa shape index (κ3) is 5.61. The molecule has 1 aliphatic heterocycles. The van der Waals surface area contributed by atoms with Crippen LogP contribution in [0.15, 0.2) is 39.8 Å². The van der Waals surface area contributed by atoms with Crippen LogP contribution in [0.25, 0.3) is 0 Å². The molecule has 2 aromatic rings. The second kappa shape index (κ2) is 9.41. The Bertz CT molecular complexity index is 706. The number of hydrogen-bond acceptors (Lipinski definition) is 5. The van der Waals surface area contributed by atoms with E-state index in [-0.39, 0.29) is 6.04 Å². The first-order chi connectivity index (χ1) is 12.7. The fourth-order valence-electron chi connectivity index (χ4n) is 2.98. The van der Waals surface area contributed by atoms with Gasteiger partial charge in [-0.15, -0.1) is 0 Å². The van der Waals surface area contributed by atoms with Crippen LogP contribution in [-0.4, -0.2) is 30.3 Å². The number of aromatic nitrogens is 1. The van der Waals surface area contributed by atoms with E-state index >= 15 is 0 Å². The largest absolute Gasteiger partial charge is 0.494 e. The molecular formula is C21H28N2O3. The molecule has 1 aromatic heterocycles. The highest BCUT2D eigenvalue weighted by Crippen LogP contribution is 2.17. The molecule has 5 nitrogen and oxygen atoms in total. The van der Waals surface area contributed by atoms with E-state index in [0.717, 1.165) is 54.5 Å². The van der Waals surface area contributed by atoms with Gasteiger partial charge in [-0.3, -0.25) is 0 Å². The Labute approximate surface area is 155 Å². The lowest BCUT2D eigenvalue weighted by molar-refractivity contribution is 0.304. The Morgan fingerprint density at radius 3 is 2.54 bits per heavy atom. The van der Waals surface area contributed by atoms with Crippen molar-refractivity contribution in [2.24, 2.45) is 4.99 Å². The van der Waals surface area contributed by atoms with Crippen LogP contribution in [-0.2, 0) is 11.2 Å². The van der Waals surface area contributed by atoms with Gasteiger partial charge in [0, 0.05) is 18.1 Å². The Balaban J connectivity index is 1.25. The van der Waals surface area contributed by atoms with Gasteiger partial charge in [-0.25, -0.2) is 4.99 Å². The van der Waals surface area contributed by atoms with Crippen LogP contribution in [0.2, 0.25) is 0 Å². The van der Waals surface area contributed by atoms with Crippen molar-refractivity contribution in [3.63, 3.8) is 0 Å². The summed E-state index contributed by atoms with van der Waals surface area (Å²) in [6.07, 6.45) is 6.85. The summed E-state index contributed by atoms with van der Waals surface area (Å²) in [5.74, 6) is 2.64. The summed E-state index contributed by atoms with van der Waals surface area (Å²) in [6.45, 7) is 5.44. The summed E-state index contributed by atoms with van der Waals surface area (Å²) >= 11 is 0. The van der Waals surface area contributed by atoms with Gasteiger partial charge < -0.3 is 14.0 Å². The Kier molecular flexibility index (Phi) is 6.69. The van der Waals surface area contributed by atoms with Crippen molar-refractivity contribution in [2.75, 3.05) is 13.2 Å². The molecule has 1 aliphatic rings. The van der Waals surface area contributed by atoms with E-state index in [0.29, 0.717) is 6.61 Å². The van der Waals surface area contributed by atoms with Crippen molar-refractivity contribution < 1.29 is 14.0 Å². The number of aryl methyl sites for hydroxylation is 2. The number of ether oxygens (including phenoxy) is 2. The molecule has 1 atom stereocenters. The first kappa shape index (κ1) is 18.5. The van der Waals surface area contributed by atoms with E-state index in [2.05, 4.69) is 17.1 Å². The van der Waals surface area contributed by atoms with Crippen LogP contribution < -0.4 is 4.74 Å². The summed E-state index contributed by atoms with van der Waals surface area (Å²) in [4.78, 5) is 4.46. The van der Waals surface area contributed by atoms with Crippen molar-refractivity contribution in [1.29, 1.82) is 0 Å². The fourth-order valence-corrected chi connectivity index (χ4v) is 2.98. The van der Waals surface area contributed by atoms with Crippen LogP contribution in [0.3, 0.4) is 0 Å². The van der Waals surface area contributed by atoms with Crippen molar-refractivity contribution in [3.05, 3.63) is 47.3 Å². The summed E-state index contributed by atoms with van der Waals surface area (Å²) < 4.78 is 16.6. The van der Waals surface area contributed by atoms with E-state index < -0.39 is 0 Å². The highest BCUT2D eigenvalue weighted by atomic mass is 16.5. The Hall–Kier alpha value is -2.30. The van der Waals surface area contributed by atoms with E-state index in [4.69, 9.17) is 14.0 Å². The van der Waals surface area contributed by atoms with Gasteiger partial charge in [0.2, 0.25) is 5.90 Å². The zero-order chi connectivity index (χ0) is 18.2. The normalized spacial score (nSPS) is 16.4. The molecule has 0 aliphatic carbocycles. The van der Waals surface area contributed by atoms with Gasteiger partial charge in [-0.1, -0.05) is 24.4 Å². The first-order valence-electron chi connectivity index (χ1n) is 9.57. The molecule has 3 rings (SSSR count). The lowest BCUT2D eigenvalue weighted by Gasteiger charge is -2.07. The number of unbranched alkanes of at least 4 members (excludes halogenated alkanes) is 4. The molecule has 0 spiro atoms. The SMILES string of the molecule is Cc1cc(CCCCCCCOc2ccc(C3=N[C@H](C)CO3)cc2)on1. The third-order valence-corrected chi connectivity index (χ3v) is 4.41. The maximum absolute atomic E-state index is 5.82. The van der Waals surface area contributed by atoms with Gasteiger partial charge >= 0.3 is 0 Å². The van der Waals surface area contributed by atoms with Crippen molar-refractivity contribution in [1.82, 2.24) is 5.16 Å². The first-order valence-corrected chi connectivity index (χ1v) is 9.57. The molecule has 0 saturated heterocycles. The zero-order valence-corrected chi connectivity index (χ0v) is 15.7. The van der Waals surface area contributed by atoms with E-state index in [1.54, 1.807) is 0 Å². The number of nitrogens with zero attached hydrogens (tertiary/aromatic N) is 2. The van der Waals surface area contributed by atoms with Gasteiger partial charge in [0.1, 0.15) is 18.1 Å². The number of rotatable bonds is 10. The monoisotopic (exact) mass is 356 g/mol. The van der Waals surface area contributed by atoms with Crippen molar-refractivity contribution >= 4 is 5.90 Å². The van der Waals surface area contributed by atoms with Crippen molar-refractivity contribution in [2.45, 2.75) is 58.4 Å². The van der Waals surface area contributed by atoms with E-state index in [1.807, 2.05) is 37.3 Å². The lowest BCUT2D eigenvalue weighted by atomic mass is 10.1. The van der Waals surface area contributed by atoms with Gasteiger partial charge in [-0.2, -0.15) is 0 Å². The standard InChI is InChI=1S/C21H28N2O3/c1-16-14-20(26-23-16)8-6-4-3-5-7-13-24-19-11-9-18(10-12-19)21-22-17(2)15-25-21/h9-12,14,17H,3-8,13,15H2,1-2H3/t17-/m1/s1. The minimum absolute atomic E-state index is 0.251. The minimum Gasteiger partial charge on any atom is -0.494 e. The molecule has 0 radical (unpaired) electrons. The fraction of sp³-hybridized carbons (Fsp3) is 0.524. The quantitative estimate of drug-likeness (QED) is 0.578. The maximum atomic E-state index is 5.82. The van der Waals surface area contributed by atoms with Crippen LogP contribution in [0.5, 0.6) is 5.75 Å². The number of aliphatic imine (C=N–C) groups is 1. The van der Waals surface area contributed by atoms with E-state index in [9.17, 15) is 0 Å². The molecule has 0 fully saturated rings. The molecule has 5 heteroatoms. The summed E-state index contributed by atoms with van der Waals surface area (Å²) in [5, 5.41) is 3.91. The second-order valence-electron chi connectivity index (χ2n) is 6.92. The topological polar surface area (TPSA) is 56.9 Å². The Morgan fingerprint density at radius 1 is 1.08 bits per heavy atom. The molecule has 0 bridgehead atoms. The molecule has 0 unspecified atom stereocenters. The molecule has 1 aromatic carbocycles. The average Bonchev–Trinajstić information content (AvgIpc) is 3.26. The minimum atomic E-state index is 0.251. The summed E-state index contributed by atoms with van der Waals surface area (Å²) in [5.41, 5.74) is 1.98. The van der Waals surface area contributed by atoms with Crippen LogP contribution in [0.4, 0.5) is 0 Å². The predicted octanol–water partition coefficient (Wildman–Crippen LogP) is 4.72. The number of hydrogen-bond donors (Lipinski definition) is 0. The molecular weight excluding hydrogens is 328 g/mol. The summed E-state index contributed by atoms with van der Waals surface area (Å²) in [6, 6.07) is 10.3. The van der Waals surface area contributed by atoms with Crippen LogP contribution in [0.1, 0.15) is 56.0 Å². The smallest absolute Gasteiger partial charge is 0.216 e. The third-order valence-electron chi connectivity index (χ3n) is 4.41. The van der Waals surface area contributed by atoms with Crippen LogP contribution >= 0.6 is 0 Å². The van der Waals surface area contributed by atoms with Gasteiger partial charge in [-0.05, 0) is 51.0 Å². The Morgan fingerprint density at radius 2 is 1.85 bits per heavy atom. The molecule has 0 amide bonds. The molecule has 140 valence electrons. The summed E-state index contributed by atoms with van der Waals surface area (Å²) in [7, 11) is 0. The maximum Gasteiger partial charge on any atom is 0.216 e. The van der Waals surface area contributed by atoms with Crippen LogP contribution in [0, 0.1) is 6.92 Å². The number of benzene rings is 1. The van der Waals surface area contributed by atoms with Crippen molar-refractivity contribution in [3.8, 4) is 5.75 Å². The van der Waals surface area contributed by atoms with Gasteiger partial charge in [0.25, 0.3) is 0 Å². The van der Waals surface area contributed by atoms with Gasteiger partial charge in [0.05, 0.1) is 18.3 Å². The molecule has 0 saturated carbocycles. The molecule has 26 heavy (non-hydrogen) atoms. The average molecular weight is 356 g/mol. The molecule has 2 heterocycles. The predicted molar refractivity (Wildman–Crippen MR) is 102 cm³/mol. The zero-order valence-electron chi connectivity index (χ0n) is 15.7. The highest BCUT2D eigenvalue weighted by molar-refractivity contribution is 5.95. The van der Waals surface area contributed by atoms with Gasteiger partial charge in [0.15, 0.2) is 0 Å². The lowest BCUT2D eigenvalue weighted by Crippen LogP contribution is -2.02. The van der Waals surface area contributed by atoms with E-state index in [1.165, 1.54) is 19.3 Å². The molecule has 0 N–H and O–H groups in total. The second-order valence-corrected chi connectivity index (χ2v) is 6.92. The highest BCUT2D eigenvalue weighted by Gasteiger charge is 2.15.